The molecule has 0 spiro atoms. The average molecular weight is 392 g/mol. The van der Waals surface area contributed by atoms with Crippen LogP contribution in [-0.4, -0.2) is 44.6 Å². The highest BCUT2D eigenvalue weighted by Gasteiger charge is 2.38. The summed E-state index contributed by atoms with van der Waals surface area (Å²) in [6.45, 7) is 11.0. The molecule has 2 aliphatic rings. The quantitative estimate of drug-likeness (QED) is 0.731. The maximum absolute atomic E-state index is 12.6. The van der Waals surface area contributed by atoms with E-state index in [4.69, 9.17) is 14.6 Å². The van der Waals surface area contributed by atoms with Gasteiger partial charge in [-0.1, -0.05) is 0 Å². The second kappa shape index (κ2) is 7.41. The summed E-state index contributed by atoms with van der Waals surface area (Å²) in [5, 5.41) is 4.69. The van der Waals surface area contributed by atoms with Crippen LogP contribution in [0.4, 0.5) is 9.59 Å². The Morgan fingerprint density at radius 1 is 1.07 bits per heavy atom. The van der Waals surface area contributed by atoms with E-state index >= 15 is 0 Å². The van der Waals surface area contributed by atoms with Crippen LogP contribution < -0.4 is 0 Å². The number of ether oxygens (including phenoxy) is 2. The van der Waals surface area contributed by atoms with Gasteiger partial charge in [0.2, 0.25) is 0 Å². The average Bonchev–Trinajstić information content (AvgIpc) is 3.21. The SMILES string of the molecule is CC(C)(C)OC(=O)N(CC1CC(n2ccc(C3CC3)n2)C1)C(=O)OC(C)(C)C. The summed E-state index contributed by atoms with van der Waals surface area (Å²) in [5.74, 6) is 0.866. The molecular formula is C21H33N3O4. The largest absolute Gasteiger partial charge is 0.443 e. The Kier molecular flexibility index (Phi) is 5.47. The molecule has 0 saturated heterocycles. The fraction of sp³-hybridized carbons (Fsp3) is 0.762. The first-order valence-electron chi connectivity index (χ1n) is 10.2. The van der Waals surface area contributed by atoms with Crippen molar-refractivity contribution < 1.29 is 19.1 Å². The number of aromatic nitrogens is 2. The molecule has 28 heavy (non-hydrogen) atoms. The van der Waals surface area contributed by atoms with Crippen LogP contribution in [0.5, 0.6) is 0 Å². The molecule has 2 aliphatic carbocycles. The van der Waals surface area contributed by atoms with Gasteiger partial charge in [0.1, 0.15) is 11.2 Å². The zero-order valence-corrected chi connectivity index (χ0v) is 17.9. The zero-order valence-electron chi connectivity index (χ0n) is 17.9. The number of hydrogen-bond donors (Lipinski definition) is 0. The Labute approximate surface area is 167 Å². The van der Waals surface area contributed by atoms with Gasteiger partial charge in [-0.15, -0.1) is 0 Å². The lowest BCUT2D eigenvalue weighted by Gasteiger charge is -2.38. The highest BCUT2D eigenvalue weighted by molar-refractivity contribution is 5.88. The highest BCUT2D eigenvalue weighted by Crippen LogP contribution is 2.42. The summed E-state index contributed by atoms with van der Waals surface area (Å²) >= 11 is 0. The van der Waals surface area contributed by atoms with Crippen LogP contribution in [0.25, 0.3) is 0 Å². The van der Waals surface area contributed by atoms with Gasteiger partial charge in [-0.05, 0) is 79.2 Å². The molecule has 7 heteroatoms. The molecule has 7 nitrogen and oxygen atoms in total. The first kappa shape index (κ1) is 20.7. The molecule has 156 valence electrons. The van der Waals surface area contributed by atoms with Crippen LogP contribution in [-0.2, 0) is 9.47 Å². The molecule has 2 saturated carbocycles. The van der Waals surface area contributed by atoms with Gasteiger partial charge in [-0.3, -0.25) is 4.68 Å². The highest BCUT2D eigenvalue weighted by atomic mass is 16.6. The van der Waals surface area contributed by atoms with Crippen molar-refractivity contribution in [2.24, 2.45) is 5.92 Å². The molecule has 0 aliphatic heterocycles. The molecule has 3 rings (SSSR count). The van der Waals surface area contributed by atoms with Gasteiger partial charge in [-0.25, -0.2) is 14.5 Å². The van der Waals surface area contributed by atoms with E-state index in [9.17, 15) is 9.59 Å². The number of hydrogen-bond acceptors (Lipinski definition) is 5. The number of nitrogens with zero attached hydrogens (tertiary/aromatic N) is 3. The lowest BCUT2D eigenvalue weighted by atomic mass is 9.80. The Morgan fingerprint density at radius 3 is 2.07 bits per heavy atom. The molecule has 2 amide bonds. The Hall–Kier alpha value is -2.05. The molecule has 1 aromatic heterocycles. The Bertz CT molecular complexity index is 691. The third kappa shape index (κ3) is 5.49. The zero-order chi connectivity index (χ0) is 20.7. The molecule has 0 unspecified atom stereocenters. The van der Waals surface area contributed by atoms with Gasteiger partial charge < -0.3 is 9.47 Å². The van der Waals surface area contributed by atoms with Gasteiger partial charge in [0.15, 0.2) is 0 Å². The lowest BCUT2D eigenvalue weighted by molar-refractivity contribution is -0.00641. The van der Waals surface area contributed by atoms with Crippen molar-refractivity contribution in [1.82, 2.24) is 14.7 Å². The predicted octanol–water partition coefficient (Wildman–Crippen LogP) is 4.88. The summed E-state index contributed by atoms with van der Waals surface area (Å²) in [4.78, 5) is 26.3. The molecule has 2 fully saturated rings. The molecule has 0 aromatic carbocycles. The van der Waals surface area contributed by atoms with Crippen LogP contribution >= 0.6 is 0 Å². The van der Waals surface area contributed by atoms with E-state index in [2.05, 4.69) is 6.07 Å². The summed E-state index contributed by atoms with van der Waals surface area (Å²) in [6, 6.07) is 2.44. The van der Waals surface area contributed by atoms with Gasteiger partial charge in [-0.2, -0.15) is 5.10 Å². The van der Waals surface area contributed by atoms with E-state index in [0.29, 0.717) is 18.5 Å². The predicted molar refractivity (Wildman–Crippen MR) is 105 cm³/mol. The fourth-order valence-electron chi connectivity index (χ4n) is 3.33. The van der Waals surface area contributed by atoms with Crippen molar-refractivity contribution >= 4 is 12.2 Å². The standard InChI is InChI=1S/C21H33N3O4/c1-20(2,3)27-18(25)23(19(26)28-21(4,5)6)13-14-11-16(12-14)24-10-9-17(22-24)15-7-8-15/h9-10,14-16H,7-8,11-13H2,1-6H3. The molecule has 0 N–H and O–H groups in total. The van der Waals surface area contributed by atoms with E-state index in [1.54, 1.807) is 41.5 Å². The minimum absolute atomic E-state index is 0.221. The second-order valence-corrected chi connectivity index (χ2v) is 10.1. The number of carbonyl (C=O) groups is 2. The first-order valence-corrected chi connectivity index (χ1v) is 10.2. The molecular weight excluding hydrogens is 358 g/mol. The van der Waals surface area contributed by atoms with Gasteiger partial charge >= 0.3 is 12.2 Å². The van der Waals surface area contributed by atoms with E-state index in [0.717, 1.165) is 17.7 Å². The third-order valence-corrected chi connectivity index (χ3v) is 4.88. The molecule has 0 radical (unpaired) electrons. The smallest absolute Gasteiger partial charge is 0.419 e. The van der Waals surface area contributed by atoms with Gasteiger partial charge in [0.25, 0.3) is 0 Å². The topological polar surface area (TPSA) is 73.7 Å². The number of amides is 2. The van der Waals surface area contributed by atoms with E-state index < -0.39 is 23.4 Å². The van der Waals surface area contributed by atoms with Crippen LogP contribution in [0.3, 0.4) is 0 Å². The maximum atomic E-state index is 12.6. The fourth-order valence-corrected chi connectivity index (χ4v) is 3.33. The summed E-state index contributed by atoms with van der Waals surface area (Å²) in [7, 11) is 0. The number of carbonyl (C=O) groups excluding carboxylic acids is 2. The third-order valence-electron chi connectivity index (χ3n) is 4.88. The second-order valence-electron chi connectivity index (χ2n) is 10.1. The molecule has 0 atom stereocenters. The Balaban J connectivity index is 1.59. The van der Waals surface area contributed by atoms with E-state index in [1.807, 2.05) is 10.9 Å². The lowest BCUT2D eigenvalue weighted by Crippen LogP contribution is -2.47. The summed E-state index contributed by atoms with van der Waals surface area (Å²) in [5.41, 5.74) is -0.158. The van der Waals surface area contributed by atoms with Crippen molar-refractivity contribution in [3.63, 3.8) is 0 Å². The van der Waals surface area contributed by atoms with Gasteiger partial charge in [0.05, 0.1) is 11.7 Å². The van der Waals surface area contributed by atoms with Gasteiger partial charge in [0, 0.05) is 18.7 Å². The van der Waals surface area contributed by atoms with E-state index in [1.165, 1.54) is 18.5 Å². The maximum Gasteiger partial charge on any atom is 0.419 e. The molecule has 1 aromatic rings. The summed E-state index contributed by atoms with van der Waals surface area (Å²) < 4.78 is 12.9. The molecule has 1 heterocycles. The normalized spacial score (nSPS) is 22.4. The first-order chi connectivity index (χ1) is 12.9. The van der Waals surface area contributed by atoms with Crippen molar-refractivity contribution in [1.29, 1.82) is 0 Å². The number of rotatable bonds is 4. The van der Waals surface area contributed by atoms with Crippen molar-refractivity contribution in [3.05, 3.63) is 18.0 Å². The van der Waals surface area contributed by atoms with Crippen LogP contribution in [0.2, 0.25) is 0 Å². The van der Waals surface area contributed by atoms with Crippen molar-refractivity contribution in [2.75, 3.05) is 6.54 Å². The van der Waals surface area contributed by atoms with E-state index in [-0.39, 0.29) is 5.92 Å². The Morgan fingerprint density at radius 2 is 1.61 bits per heavy atom. The molecule has 0 bridgehead atoms. The van der Waals surface area contributed by atoms with Crippen LogP contribution in [0.1, 0.15) is 84.9 Å². The monoisotopic (exact) mass is 391 g/mol. The van der Waals surface area contributed by atoms with Crippen LogP contribution in [0, 0.1) is 5.92 Å². The minimum Gasteiger partial charge on any atom is -0.443 e. The van der Waals surface area contributed by atoms with Crippen molar-refractivity contribution in [2.45, 2.75) is 90.4 Å². The number of imide groups is 1. The summed E-state index contributed by atoms with van der Waals surface area (Å²) in [6.07, 6.45) is 4.99. The van der Waals surface area contributed by atoms with Crippen LogP contribution in [0.15, 0.2) is 12.3 Å². The van der Waals surface area contributed by atoms with Crippen molar-refractivity contribution in [3.8, 4) is 0 Å². The minimum atomic E-state index is -0.673.